The molecule has 3 N–H and O–H groups in total. The number of hydrogen-bond donors (Lipinski definition) is 3. The maximum atomic E-state index is 15.4. The van der Waals surface area contributed by atoms with Crippen molar-refractivity contribution in [1.29, 1.82) is 0 Å². The molecule has 0 bridgehead atoms. The van der Waals surface area contributed by atoms with Crippen LogP contribution in [0.25, 0.3) is 27.6 Å². The molecule has 11 nitrogen and oxygen atoms in total. The number of hydrogen-bond acceptors (Lipinski definition) is 8. The molecule has 3 aromatic heterocycles. The van der Waals surface area contributed by atoms with E-state index in [1.807, 2.05) is 27.7 Å². The molecule has 0 unspecified atom stereocenters. The number of aromatic nitrogens is 4. The second-order valence-electron chi connectivity index (χ2n) is 13.7. The van der Waals surface area contributed by atoms with E-state index in [1.165, 1.54) is 16.8 Å². The Hall–Kier alpha value is -5.20. The van der Waals surface area contributed by atoms with E-state index in [0.29, 0.717) is 53.2 Å². The lowest BCUT2D eigenvalue weighted by molar-refractivity contribution is -0.125. The Morgan fingerprint density at radius 2 is 1.76 bits per heavy atom. The number of rotatable bonds is 11. The van der Waals surface area contributed by atoms with Gasteiger partial charge in [-0.25, -0.2) is 9.37 Å². The predicted octanol–water partition coefficient (Wildman–Crippen LogP) is 5.25. The molecule has 262 valence electrons. The number of ether oxygens (including phenoxy) is 1. The van der Waals surface area contributed by atoms with Gasteiger partial charge < -0.3 is 25.0 Å². The number of anilines is 2. The van der Waals surface area contributed by atoms with Gasteiger partial charge in [-0.3, -0.25) is 14.4 Å². The monoisotopic (exact) mass is 682 g/mol. The lowest BCUT2D eigenvalue weighted by atomic mass is 9.84. The molecule has 0 aliphatic rings. The van der Waals surface area contributed by atoms with Crippen LogP contribution in [0.3, 0.4) is 0 Å². The molecule has 12 heteroatoms. The average Bonchev–Trinajstić information content (AvgIpc) is 3.08. The maximum absolute atomic E-state index is 15.4. The molecule has 0 saturated heterocycles. The van der Waals surface area contributed by atoms with Crippen molar-refractivity contribution in [1.82, 2.24) is 24.6 Å². The topological polar surface area (TPSA) is 140 Å². The van der Waals surface area contributed by atoms with Crippen molar-refractivity contribution in [2.75, 3.05) is 25.1 Å². The lowest BCUT2D eigenvalue weighted by Crippen LogP contribution is -2.41. The third kappa shape index (κ3) is 7.22. The van der Waals surface area contributed by atoms with Crippen molar-refractivity contribution < 1.29 is 19.0 Å². The Labute approximate surface area is 289 Å². The number of carbonyl (C=O) groups excluding carboxylic acids is 1. The first-order chi connectivity index (χ1) is 23.7. The van der Waals surface area contributed by atoms with Crippen LogP contribution in [-0.4, -0.2) is 50.1 Å². The van der Waals surface area contributed by atoms with Crippen LogP contribution in [0.2, 0.25) is 0 Å². The van der Waals surface area contributed by atoms with Crippen LogP contribution in [0, 0.1) is 5.82 Å². The number of amides is 1. The second kappa shape index (κ2) is 14.3. The highest BCUT2D eigenvalue weighted by atomic mass is 19.1. The van der Waals surface area contributed by atoms with Gasteiger partial charge in [0.1, 0.15) is 17.3 Å². The fourth-order valence-electron chi connectivity index (χ4n) is 5.71. The minimum Gasteiger partial charge on any atom is -0.392 e. The number of benzene rings is 2. The number of nitrogens with one attached hydrogen (secondary N) is 2. The number of nitrogens with zero attached hydrogens (tertiary/aromatic N) is 4. The Bertz CT molecular complexity index is 2170. The van der Waals surface area contributed by atoms with E-state index < -0.39 is 23.4 Å². The largest absolute Gasteiger partial charge is 0.392 e. The van der Waals surface area contributed by atoms with Crippen molar-refractivity contribution in [2.45, 2.75) is 59.0 Å². The van der Waals surface area contributed by atoms with Crippen molar-refractivity contribution in [3.63, 3.8) is 0 Å². The zero-order valence-electron chi connectivity index (χ0n) is 29.4. The Balaban J connectivity index is 1.48. The van der Waals surface area contributed by atoms with Crippen LogP contribution in [0.15, 0.2) is 76.7 Å². The SMILES string of the molecule is CCOCCNC(=O)C(C)(C)c1ccc(Nc2cc(-c3cccc(-n4ncc5cc(C(C)(C)C)cc(F)c5c4=O)c3CO)cn(C)c2=O)nc1. The average molecular weight is 683 g/mol. The summed E-state index contributed by atoms with van der Waals surface area (Å²) in [6, 6.07) is 13.3. The fourth-order valence-corrected chi connectivity index (χ4v) is 5.71. The normalized spacial score (nSPS) is 11.9. The van der Waals surface area contributed by atoms with Gasteiger partial charge in [0.05, 0.1) is 35.9 Å². The maximum Gasteiger partial charge on any atom is 0.282 e. The highest BCUT2D eigenvalue weighted by molar-refractivity contribution is 5.87. The van der Waals surface area contributed by atoms with E-state index in [4.69, 9.17) is 4.74 Å². The third-order valence-electron chi connectivity index (χ3n) is 8.79. The zero-order valence-corrected chi connectivity index (χ0v) is 29.4. The summed E-state index contributed by atoms with van der Waals surface area (Å²) in [5.41, 5.74) is 1.22. The van der Waals surface area contributed by atoms with Gasteiger partial charge in [-0.05, 0) is 73.2 Å². The van der Waals surface area contributed by atoms with Gasteiger partial charge in [0.25, 0.3) is 11.1 Å². The molecule has 0 aliphatic carbocycles. The molecule has 1 amide bonds. The van der Waals surface area contributed by atoms with E-state index in [0.717, 1.165) is 10.2 Å². The summed E-state index contributed by atoms with van der Waals surface area (Å²) in [7, 11) is 1.60. The van der Waals surface area contributed by atoms with Gasteiger partial charge >= 0.3 is 0 Å². The first-order valence-electron chi connectivity index (χ1n) is 16.4. The molecule has 0 spiro atoms. The molecular weight excluding hydrogens is 639 g/mol. The van der Waals surface area contributed by atoms with Gasteiger partial charge in [0.2, 0.25) is 5.91 Å². The third-order valence-corrected chi connectivity index (χ3v) is 8.79. The van der Waals surface area contributed by atoms with Gasteiger partial charge in [0.15, 0.2) is 0 Å². The predicted molar refractivity (Wildman–Crippen MR) is 193 cm³/mol. The van der Waals surface area contributed by atoms with Crippen LogP contribution in [0.4, 0.5) is 15.9 Å². The molecule has 2 aromatic carbocycles. The summed E-state index contributed by atoms with van der Waals surface area (Å²) >= 11 is 0. The molecule has 3 heterocycles. The quantitative estimate of drug-likeness (QED) is 0.161. The number of pyridine rings is 2. The van der Waals surface area contributed by atoms with Crippen molar-refractivity contribution >= 4 is 28.2 Å². The minimum absolute atomic E-state index is 0.0972. The molecule has 0 atom stereocenters. The Morgan fingerprint density at radius 3 is 2.42 bits per heavy atom. The highest BCUT2D eigenvalue weighted by Crippen LogP contribution is 2.31. The van der Waals surface area contributed by atoms with Crippen LogP contribution in [-0.2, 0) is 34.0 Å². The van der Waals surface area contributed by atoms with E-state index in [1.54, 1.807) is 75.8 Å². The van der Waals surface area contributed by atoms with Gasteiger partial charge in [-0.2, -0.15) is 9.78 Å². The summed E-state index contributed by atoms with van der Waals surface area (Å²) in [5.74, 6) is -0.422. The molecule has 5 aromatic rings. The van der Waals surface area contributed by atoms with Crippen molar-refractivity contribution in [2.24, 2.45) is 7.05 Å². The number of aryl methyl sites for hydroxylation is 1. The smallest absolute Gasteiger partial charge is 0.282 e. The van der Waals surface area contributed by atoms with E-state index in [-0.39, 0.29) is 33.6 Å². The van der Waals surface area contributed by atoms with Gasteiger partial charge in [0, 0.05) is 49.1 Å². The number of aliphatic hydroxyl groups excluding tert-OH is 1. The van der Waals surface area contributed by atoms with Gasteiger partial charge in [-0.15, -0.1) is 0 Å². The minimum atomic E-state index is -0.859. The number of carbonyl (C=O) groups is 1. The van der Waals surface area contributed by atoms with Crippen LogP contribution >= 0.6 is 0 Å². The van der Waals surface area contributed by atoms with Crippen LogP contribution in [0.1, 0.15) is 58.2 Å². The van der Waals surface area contributed by atoms with E-state index in [2.05, 4.69) is 20.7 Å². The first-order valence-corrected chi connectivity index (χ1v) is 16.4. The molecule has 0 fully saturated rings. The van der Waals surface area contributed by atoms with E-state index in [9.17, 15) is 19.5 Å². The number of aliphatic hydroxyl groups is 1. The molecule has 0 saturated carbocycles. The summed E-state index contributed by atoms with van der Waals surface area (Å²) in [4.78, 5) is 44.2. The Kier molecular flexibility index (Phi) is 10.4. The first kappa shape index (κ1) is 36.1. The highest BCUT2D eigenvalue weighted by Gasteiger charge is 2.30. The summed E-state index contributed by atoms with van der Waals surface area (Å²) in [5, 5.41) is 21.2. The molecular formula is C38H43FN6O5. The van der Waals surface area contributed by atoms with Crippen LogP contribution < -0.4 is 21.8 Å². The van der Waals surface area contributed by atoms with Crippen LogP contribution in [0.5, 0.6) is 0 Å². The molecule has 50 heavy (non-hydrogen) atoms. The lowest BCUT2D eigenvalue weighted by Gasteiger charge is -2.24. The second-order valence-corrected chi connectivity index (χ2v) is 13.7. The fraction of sp³-hybridized carbons (Fsp3) is 0.342. The summed E-state index contributed by atoms with van der Waals surface area (Å²) in [6.07, 6.45) is 4.66. The standard InChI is InChI=1S/C38H43FN6O5/c1-8-50-15-14-40-36(49)38(5,6)25-12-13-32(41-20-25)43-30-17-24(21-44(7)34(30)47)27-10-9-11-31(28(27)22-46)45-35(48)33-23(19-42-45)16-26(18-29(33)39)37(2,3)4/h9-13,16-21,46H,8,14-15,22H2,1-7H3,(H,40,49)(H,41,43). The van der Waals surface area contributed by atoms with E-state index >= 15 is 4.39 Å². The number of halogens is 1. The summed E-state index contributed by atoms with van der Waals surface area (Å²) < 4.78 is 23.2. The van der Waals surface area contributed by atoms with Gasteiger partial charge in [-0.1, -0.05) is 39.0 Å². The summed E-state index contributed by atoms with van der Waals surface area (Å²) in [6.45, 7) is 12.3. The Morgan fingerprint density at radius 1 is 1.00 bits per heavy atom. The van der Waals surface area contributed by atoms with Crippen molar-refractivity contribution in [3.05, 3.63) is 110 Å². The van der Waals surface area contributed by atoms with Crippen molar-refractivity contribution in [3.8, 4) is 16.8 Å². The number of fused-ring (bicyclic) bond motifs is 1. The molecule has 0 aliphatic heterocycles. The molecule has 5 rings (SSSR count). The zero-order chi connectivity index (χ0) is 36.4. The molecule has 0 radical (unpaired) electrons.